The molecule has 0 heterocycles. The number of aliphatic hydroxyl groups is 1. The van der Waals surface area contributed by atoms with Gasteiger partial charge in [0.15, 0.2) is 6.29 Å². The molecule has 0 aromatic rings. The topological polar surface area (TPSA) is 29.5 Å². The third-order valence-corrected chi connectivity index (χ3v) is 3.99. The average molecular weight is 210 g/mol. The van der Waals surface area contributed by atoms with Crippen LogP contribution in [-0.4, -0.2) is 17.5 Å². The third-order valence-electron chi connectivity index (χ3n) is 3.99. The number of rotatable bonds is 3. The van der Waals surface area contributed by atoms with E-state index in [1.165, 1.54) is 51.0 Å². The van der Waals surface area contributed by atoms with E-state index >= 15 is 0 Å². The number of aliphatic hydroxyl groups excluding tert-OH is 1. The van der Waals surface area contributed by atoms with Crippen molar-refractivity contribution in [3.63, 3.8) is 0 Å². The van der Waals surface area contributed by atoms with Crippen molar-refractivity contribution >= 4 is 0 Å². The number of hydrogen-bond donors (Lipinski definition) is 1. The maximum Gasteiger partial charge on any atom is 0.174 e. The molecule has 2 heteroatoms. The molecule has 86 valence electrons. The Labute approximate surface area is 92.3 Å². The Morgan fingerprint density at radius 1 is 1.07 bits per heavy atom. The molecule has 0 amide bonds. The Kier molecular flexibility index (Phi) is 3.81. The first-order valence-corrected chi connectivity index (χ1v) is 6.27. The van der Waals surface area contributed by atoms with Gasteiger partial charge in [-0.1, -0.05) is 25.8 Å². The summed E-state index contributed by atoms with van der Waals surface area (Å²) in [6, 6.07) is 0. The van der Waals surface area contributed by atoms with Crippen molar-refractivity contribution in [2.45, 2.75) is 57.3 Å². The molecule has 3 unspecified atom stereocenters. The van der Waals surface area contributed by atoms with E-state index in [2.05, 4.69) is 6.58 Å². The van der Waals surface area contributed by atoms with Gasteiger partial charge in [0.2, 0.25) is 0 Å². The number of hydrogen-bond acceptors (Lipinski definition) is 2. The fourth-order valence-electron chi connectivity index (χ4n) is 3.19. The molecule has 0 aromatic carbocycles. The van der Waals surface area contributed by atoms with E-state index in [-0.39, 0.29) is 0 Å². The Bertz CT molecular complexity index is 201. The van der Waals surface area contributed by atoms with Gasteiger partial charge in [0.25, 0.3) is 0 Å². The molecule has 2 bridgehead atoms. The summed E-state index contributed by atoms with van der Waals surface area (Å²) in [7, 11) is 0. The van der Waals surface area contributed by atoms with E-state index in [1.807, 2.05) is 0 Å². The van der Waals surface area contributed by atoms with Gasteiger partial charge in [-0.3, -0.25) is 0 Å². The maximum atomic E-state index is 9.50. The molecule has 2 rings (SSSR count). The molecule has 0 saturated heterocycles. The molecule has 0 spiro atoms. The van der Waals surface area contributed by atoms with Crippen LogP contribution in [0.2, 0.25) is 0 Å². The van der Waals surface area contributed by atoms with Gasteiger partial charge in [-0.2, -0.15) is 0 Å². The second kappa shape index (κ2) is 5.13. The van der Waals surface area contributed by atoms with Crippen molar-refractivity contribution in [2.75, 3.05) is 0 Å². The summed E-state index contributed by atoms with van der Waals surface area (Å²) >= 11 is 0. The van der Waals surface area contributed by atoms with Crippen LogP contribution < -0.4 is 0 Å². The van der Waals surface area contributed by atoms with Gasteiger partial charge < -0.3 is 9.84 Å². The smallest absolute Gasteiger partial charge is 0.174 e. The average Bonchev–Trinajstić information content (AvgIpc) is 2.64. The molecule has 15 heavy (non-hydrogen) atoms. The summed E-state index contributed by atoms with van der Waals surface area (Å²) in [5.74, 6) is 1.37. The minimum Gasteiger partial charge on any atom is -0.365 e. The Morgan fingerprint density at radius 3 is 2.20 bits per heavy atom. The minimum absolute atomic E-state index is 0.290. The second-order valence-corrected chi connectivity index (χ2v) is 4.96. The molecule has 2 aliphatic rings. The van der Waals surface area contributed by atoms with Crippen LogP contribution in [0.15, 0.2) is 12.7 Å². The van der Waals surface area contributed by atoms with Crippen molar-refractivity contribution in [3.05, 3.63) is 12.7 Å². The van der Waals surface area contributed by atoms with Crippen LogP contribution in [0.25, 0.3) is 0 Å². The van der Waals surface area contributed by atoms with Crippen LogP contribution in [-0.2, 0) is 4.74 Å². The molecule has 0 aromatic heterocycles. The maximum absolute atomic E-state index is 9.50. The van der Waals surface area contributed by atoms with Crippen LogP contribution in [0.4, 0.5) is 0 Å². The van der Waals surface area contributed by atoms with Crippen LogP contribution in [0, 0.1) is 11.8 Å². The van der Waals surface area contributed by atoms with Gasteiger partial charge in [0.1, 0.15) is 0 Å². The summed E-state index contributed by atoms with van der Waals surface area (Å²) in [4.78, 5) is 0. The van der Waals surface area contributed by atoms with Gasteiger partial charge in [-0.15, -0.1) is 0 Å². The van der Waals surface area contributed by atoms with Crippen molar-refractivity contribution in [1.29, 1.82) is 0 Å². The Morgan fingerprint density at radius 2 is 1.67 bits per heavy atom. The quantitative estimate of drug-likeness (QED) is 0.573. The van der Waals surface area contributed by atoms with Gasteiger partial charge >= 0.3 is 0 Å². The predicted octanol–water partition coefficient (Wildman–Crippen LogP) is 2.87. The molecule has 2 saturated carbocycles. The number of fused-ring (bicyclic) bond motifs is 2. The molecule has 3 atom stereocenters. The molecular weight excluding hydrogens is 188 g/mol. The summed E-state index contributed by atoms with van der Waals surface area (Å²) in [6.07, 6.45) is 10.2. The Balaban J connectivity index is 1.98. The first-order valence-electron chi connectivity index (χ1n) is 6.27. The van der Waals surface area contributed by atoms with Gasteiger partial charge in [-0.05, 0) is 43.6 Å². The van der Waals surface area contributed by atoms with E-state index in [9.17, 15) is 5.11 Å². The zero-order valence-corrected chi connectivity index (χ0v) is 9.40. The van der Waals surface area contributed by atoms with E-state index in [1.54, 1.807) is 0 Å². The summed E-state index contributed by atoms with van der Waals surface area (Å²) < 4.78 is 5.70. The first-order chi connectivity index (χ1) is 7.31. The molecule has 2 fully saturated rings. The molecule has 2 nitrogen and oxygen atoms in total. The molecule has 1 N–H and O–H groups in total. The summed E-state index contributed by atoms with van der Waals surface area (Å²) in [6.45, 7) is 3.56. The zero-order valence-electron chi connectivity index (χ0n) is 9.40. The van der Waals surface area contributed by atoms with Crippen LogP contribution in [0.1, 0.15) is 44.9 Å². The van der Waals surface area contributed by atoms with Crippen molar-refractivity contribution in [2.24, 2.45) is 11.8 Å². The number of ether oxygens (including phenoxy) is 1. The monoisotopic (exact) mass is 210 g/mol. The van der Waals surface area contributed by atoms with Gasteiger partial charge in [0.05, 0.1) is 6.10 Å². The standard InChI is InChI=1S/C13H22O2/c1-2-12(14)15-13-10-6-4-3-5-7-11(13)9-8-10/h2,10-14H,1,3-9H2. The van der Waals surface area contributed by atoms with Crippen LogP contribution in [0.3, 0.4) is 0 Å². The third kappa shape index (κ3) is 2.61. The summed E-state index contributed by atoms with van der Waals surface area (Å²) in [5, 5.41) is 9.50. The summed E-state index contributed by atoms with van der Waals surface area (Å²) in [5.41, 5.74) is 0. The van der Waals surface area contributed by atoms with Gasteiger partial charge in [-0.25, -0.2) is 0 Å². The molecular formula is C13H22O2. The Hall–Kier alpha value is -0.340. The highest BCUT2D eigenvalue weighted by Gasteiger charge is 2.37. The van der Waals surface area contributed by atoms with Crippen molar-refractivity contribution in [1.82, 2.24) is 0 Å². The highest BCUT2D eigenvalue weighted by atomic mass is 16.6. The zero-order chi connectivity index (χ0) is 10.7. The fraction of sp³-hybridized carbons (Fsp3) is 0.846. The lowest BCUT2D eigenvalue weighted by atomic mass is 9.88. The SMILES string of the molecule is C=CC(O)OC1C2CCCCCC1CC2. The molecule has 0 aliphatic heterocycles. The predicted molar refractivity (Wildman–Crippen MR) is 60.4 cm³/mol. The lowest BCUT2D eigenvalue weighted by Gasteiger charge is -2.28. The van der Waals surface area contributed by atoms with E-state index in [0.717, 1.165) is 0 Å². The van der Waals surface area contributed by atoms with E-state index in [4.69, 9.17) is 4.74 Å². The largest absolute Gasteiger partial charge is 0.365 e. The highest BCUT2D eigenvalue weighted by Crippen LogP contribution is 2.41. The lowest BCUT2D eigenvalue weighted by Crippen LogP contribution is -2.30. The van der Waals surface area contributed by atoms with Gasteiger partial charge in [0, 0.05) is 0 Å². The van der Waals surface area contributed by atoms with E-state index < -0.39 is 6.29 Å². The first kappa shape index (κ1) is 11.2. The molecule has 2 aliphatic carbocycles. The van der Waals surface area contributed by atoms with Crippen LogP contribution in [0.5, 0.6) is 0 Å². The lowest BCUT2D eigenvalue weighted by molar-refractivity contribution is -0.132. The highest BCUT2D eigenvalue weighted by molar-refractivity contribution is 4.88. The van der Waals surface area contributed by atoms with E-state index in [0.29, 0.717) is 17.9 Å². The van der Waals surface area contributed by atoms with Crippen molar-refractivity contribution < 1.29 is 9.84 Å². The minimum atomic E-state index is -0.766. The van der Waals surface area contributed by atoms with Crippen molar-refractivity contribution in [3.8, 4) is 0 Å². The molecule has 0 radical (unpaired) electrons. The second-order valence-electron chi connectivity index (χ2n) is 4.96. The fourth-order valence-corrected chi connectivity index (χ4v) is 3.19. The normalized spacial score (nSPS) is 38.1. The van der Waals surface area contributed by atoms with Crippen LogP contribution >= 0.6 is 0 Å².